The normalized spacial score (nSPS) is 5.78. The van der Waals surface area contributed by atoms with E-state index in [2.05, 4.69) is 14.9 Å². The van der Waals surface area contributed by atoms with Crippen molar-refractivity contribution in [2.45, 2.75) is 27.7 Å². The molecule has 3 nitrogen and oxygen atoms in total. The Balaban J connectivity index is 0. The molecule has 54 valence electrons. The van der Waals surface area contributed by atoms with Crippen LogP contribution in [0, 0.1) is 0 Å². The molecule has 1 aromatic heterocycles. The van der Waals surface area contributed by atoms with Gasteiger partial charge in [0.15, 0.2) is 0 Å². The monoisotopic (exact) mass is 130 g/mol. The van der Waals surface area contributed by atoms with Crippen LogP contribution < -0.4 is 0 Å². The van der Waals surface area contributed by atoms with Crippen LogP contribution in [0.15, 0.2) is 17.0 Å². The van der Waals surface area contributed by atoms with E-state index in [1.807, 2.05) is 27.7 Å². The van der Waals surface area contributed by atoms with Gasteiger partial charge in [-0.1, -0.05) is 38.0 Å². The summed E-state index contributed by atoms with van der Waals surface area (Å²) in [4.78, 5) is 0. The molecule has 0 aliphatic rings. The molecular weight excluding hydrogens is 116 g/mol. The molecule has 0 aromatic carbocycles. The van der Waals surface area contributed by atoms with Crippen molar-refractivity contribution in [2.24, 2.45) is 0 Å². The van der Waals surface area contributed by atoms with Gasteiger partial charge in [-0.25, -0.2) is 4.63 Å². The molecule has 0 saturated carbocycles. The van der Waals surface area contributed by atoms with Gasteiger partial charge in [0.05, 0.1) is 12.4 Å². The van der Waals surface area contributed by atoms with Gasteiger partial charge >= 0.3 is 0 Å². The van der Waals surface area contributed by atoms with Crippen molar-refractivity contribution in [1.29, 1.82) is 0 Å². The highest BCUT2D eigenvalue weighted by Crippen LogP contribution is 1.62. The van der Waals surface area contributed by atoms with E-state index in [4.69, 9.17) is 0 Å². The van der Waals surface area contributed by atoms with Gasteiger partial charge in [-0.05, 0) is 0 Å². The predicted octanol–water partition coefficient (Wildman–Crippen LogP) is 2.12. The number of rotatable bonds is 0. The summed E-state index contributed by atoms with van der Waals surface area (Å²) in [5.74, 6) is 0. The first kappa shape index (κ1) is 11.0. The molecule has 0 fully saturated rings. The molecule has 9 heavy (non-hydrogen) atoms. The summed E-state index contributed by atoms with van der Waals surface area (Å²) >= 11 is 0. The minimum Gasteiger partial charge on any atom is -0.245 e. The fourth-order valence-electron chi connectivity index (χ4n) is 0.136. The summed E-state index contributed by atoms with van der Waals surface area (Å²) in [6.45, 7) is 8.00. The summed E-state index contributed by atoms with van der Waals surface area (Å²) in [6.07, 6.45) is 2.94. The topological polar surface area (TPSA) is 38.9 Å². The molecule has 1 rings (SSSR count). The molecule has 1 aromatic rings. The highest BCUT2D eigenvalue weighted by molar-refractivity contribution is 4.51. The Morgan fingerprint density at radius 1 is 0.889 bits per heavy atom. The maximum atomic E-state index is 4.08. The summed E-state index contributed by atoms with van der Waals surface area (Å²) in [5, 5.41) is 6.47. The smallest absolute Gasteiger partial charge is 0.0913 e. The fraction of sp³-hybridized carbons (Fsp3) is 0.667. The Morgan fingerprint density at radius 3 is 1.33 bits per heavy atom. The molecule has 0 spiro atoms. The van der Waals surface area contributed by atoms with Crippen LogP contribution in [0.4, 0.5) is 0 Å². The average Bonchev–Trinajstić information content (AvgIpc) is 2.51. The van der Waals surface area contributed by atoms with Crippen molar-refractivity contribution in [3.8, 4) is 0 Å². The minimum absolute atomic E-state index is 1.47. The van der Waals surface area contributed by atoms with Crippen LogP contribution >= 0.6 is 0 Å². The number of nitrogens with zero attached hydrogens (tertiary/aromatic N) is 2. The molecule has 0 atom stereocenters. The number of hydrogen-bond acceptors (Lipinski definition) is 3. The molecule has 0 radical (unpaired) electrons. The maximum Gasteiger partial charge on any atom is 0.0913 e. The van der Waals surface area contributed by atoms with E-state index in [9.17, 15) is 0 Å². The van der Waals surface area contributed by atoms with E-state index >= 15 is 0 Å². The van der Waals surface area contributed by atoms with Gasteiger partial charge in [0.1, 0.15) is 0 Å². The fourth-order valence-corrected chi connectivity index (χ4v) is 0.136. The quantitative estimate of drug-likeness (QED) is 0.540. The van der Waals surface area contributed by atoms with Crippen molar-refractivity contribution in [3.05, 3.63) is 12.4 Å². The van der Waals surface area contributed by atoms with Gasteiger partial charge in [0.25, 0.3) is 0 Å². The first-order valence-electron chi connectivity index (χ1n) is 3.21. The molecule has 0 saturated heterocycles. The van der Waals surface area contributed by atoms with Crippen LogP contribution in [-0.4, -0.2) is 10.3 Å². The molecule has 3 heteroatoms. The Bertz CT molecular complexity index is 67.5. The third-order valence-corrected chi connectivity index (χ3v) is 0.283. The van der Waals surface area contributed by atoms with E-state index in [1.165, 1.54) is 12.4 Å². The van der Waals surface area contributed by atoms with Gasteiger partial charge < -0.3 is 0 Å². The van der Waals surface area contributed by atoms with Gasteiger partial charge in [0, 0.05) is 0 Å². The van der Waals surface area contributed by atoms with Gasteiger partial charge in [-0.3, -0.25) is 0 Å². The second-order valence-corrected chi connectivity index (χ2v) is 0.591. The minimum atomic E-state index is 1.47. The van der Waals surface area contributed by atoms with Crippen molar-refractivity contribution in [2.75, 3.05) is 0 Å². The third-order valence-electron chi connectivity index (χ3n) is 0.283. The third kappa shape index (κ3) is 11.0. The summed E-state index contributed by atoms with van der Waals surface area (Å²) in [5.41, 5.74) is 0. The number of aromatic nitrogens is 2. The first-order valence-corrected chi connectivity index (χ1v) is 3.21. The lowest BCUT2D eigenvalue weighted by molar-refractivity contribution is 0.307. The van der Waals surface area contributed by atoms with Crippen LogP contribution in [0.5, 0.6) is 0 Å². The zero-order chi connectivity index (χ0) is 7.54. The van der Waals surface area contributed by atoms with Gasteiger partial charge in [0.2, 0.25) is 0 Å². The summed E-state index contributed by atoms with van der Waals surface area (Å²) in [6, 6.07) is 0. The van der Waals surface area contributed by atoms with E-state index < -0.39 is 0 Å². The van der Waals surface area contributed by atoms with Crippen LogP contribution in [-0.2, 0) is 0 Å². The lowest BCUT2D eigenvalue weighted by Crippen LogP contribution is -1.44. The van der Waals surface area contributed by atoms with E-state index in [-0.39, 0.29) is 0 Å². The largest absolute Gasteiger partial charge is 0.245 e. The molecule has 0 unspecified atom stereocenters. The lowest BCUT2D eigenvalue weighted by atomic mass is 11.0. The van der Waals surface area contributed by atoms with E-state index in [1.54, 1.807) is 0 Å². The lowest BCUT2D eigenvalue weighted by Gasteiger charge is -1.45. The maximum absolute atomic E-state index is 4.08. The molecule has 0 aliphatic heterocycles. The Morgan fingerprint density at radius 2 is 1.22 bits per heavy atom. The van der Waals surface area contributed by atoms with Gasteiger partial charge in [-0.2, -0.15) is 0 Å². The second-order valence-electron chi connectivity index (χ2n) is 0.591. The molecule has 0 N–H and O–H groups in total. The molecule has 0 bridgehead atoms. The van der Waals surface area contributed by atoms with Gasteiger partial charge in [-0.15, -0.1) is 0 Å². The van der Waals surface area contributed by atoms with Crippen molar-refractivity contribution in [3.63, 3.8) is 0 Å². The first-order chi connectivity index (χ1) is 4.50. The molecular formula is C6H14N2O. The Labute approximate surface area is 56.0 Å². The highest BCUT2D eigenvalue weighted by atomic mass is 16.6. The number of hydrogen-bond donors (Lipinski definition) is 0. The molecule has 1 heterocycles. The zero-order valence-electron chi connectivity index (χ0n) is 6.46. The van der Waals surface area contributed by atoms with Crippen molar-refractivity contribution >= 4 is 0 Å². The zero-order valence-corrected chi connectivity index (χ0v) is 6.46. The van der Waals surface area contributed by atoms with Crippen molar-refractivity contribution < 1.29 is 4.63 Å². The van der Waals surface area contributed by atoms with Crippen LogP contribution in [0.25, 0.3) is 0 Å². The summed E-state index contributed by atoms with van der Waals surface area (Å²) < 4.78 is 4.08. The average molecular weight is 130 g/mol. The summed E-state index contributed by atoms with van der Waals surface area (Å²) in [7, 11) is 0. The SMILES string of the molecule is CC.CC.c1cnon1. The Hall–Kier alpha value is -0.860. The molecule has 0 aliphatic carbocycles. The van der Waals surface area contributed by atoms with Crippen LogP contribution in [0.3, 0.4) is 0 Å². The van der Waals surface area contributed by atoms with Crippen molar-refractivity contribution in [1.82, 2.24) is 10.3 Å². The standard InChI is InChI=1S/C2H2N2O.2C2H6/c1-2-4-5-3-1;2*1-2/h1-2H;2*1-2H3. The highest BCUT2D eigenvalue weighted by Gasteiger charge is 1.61. The molecule has 0 amide bonds. The van der Waals surface area contributed by atoms with E-state index in [0.29, 0.717) is 0 Å². The Kier molecular flexibility index (Phi) is 19.2. The predicted molar refractivity (Wildman–Crippen MR) is 37.0 cm³/mol. The van der Waals surface area contributed by atoms with Crippen LogP contribution in [0.1, 0.15) is 27.7 Å². The second kappa shape index (κ2) is 15.7. The van der Waals surface area contributed by atoms with Crippen LogP contribution in [0.2, 0.25) is 0 Å². The van der Waals surface area contributed by atoms with E-state index in [0.717, 1.165) is 0 Å².